The van der Waals surface area contributed by atoms with Gasteiger partial charge in [0.15, 0.2) is 11.6 Å². The average molecular weight is 435 g/mol. The highest BCUT2D eigenvalue weighted by Crippen LogP contribution is 2.39. The van der Waals surface area contributed by atoms with Crippen LogP contribution in [-0.4, -0.2) is 53.0 Å². The van der Waals surface area contributed by atoms with E-state index in [4.69, 9.17) is 4.74 Å². The fourth-order valence-corrected chi connectivity index (χ4v) is 4.68. The summed E-state index contributed by atoms with van der Waals surface area (Å²) < 4.78 is 46.7. The zero-order chi connectivity index (χ0) is 22.2. The van der Waals surface area contributed by atoms with Crippen molar-refractivity contribution in [2.45, 2.75) is 45.3 Å². The molecule has 1 aromatic heterocycles. The topological polar surface area (TPSA) is 50.3 Å². The van der Waals surface area contributed by atoms with Crippen molar-refractivity contribution in [2.24, 2.45) is 11.8 Å². The van der Waals surface area contributed by atoms with Crippen LogP contribution in [0.1, 0.15) is 33.6 Å². The van der Waals surface area contributed by atoms with Gasteiger partial charge in [-0.2, -0.15) is 0 Å². The first-order chi connectivity index (χ1) is 14.7. The van der Waals surface area contributed by atoms with E-state index in [0.29, 0.717) is 29.8 Å². The lowest BCUT2D eigenvalue weighted by molar-refractivity contribution is -0.0116. The number of nitrogens with zero attached hydrogens (tertiary/aromatic N) is 3. The van der Waals surface area contributed by atoms with Crippen LogP contribution in [0.4, 0.5) is 19.0 Å². The van der Waals surface area contributed by atoms with Gasteiger partial charge in [0, 0.05) is 37.3 Å². The zero-order valence-electron chi connectivity index (χ0n) is 18.2. The normalized spacial score (nSPS) is 23.9. The lowest BCUT2D eigenvalue weighted by Crippen LogP contribution is -2.31. The van der Waals surface area contributed by atoms with Gasteiger partial charge in [0.25, 0.3) is 0 Å². The van der Waals surface area contributed by atoms with Crippen LogP contribution >= 0.6 is 0 Å². The predicted molar refractivity (Wildman–Crippen MR) is 113 cm³/mol. The molecule has 168 valence electrons. The summed E-state index contributed by atoms with van der Waals surface area (Å²) in [6, 6.07) is 4.95. The summed E-state index contributed by atoms with van der Waals surface area (Å²) in [6.07, 6.45) is 2.13. The largest absolute Gasteiger partial charge is 0.375 e. The highest BCUT2D eigenvalue weighted by Gasteiger charge is 2.40. The highest BCUT2D eigenvalue weighted by molar-refractivity contribution is 5.60. The van der Waals surface area contributed by atoms with Crippen LogP contribution in [0, 0.1) is 29.3 Å². The Labute approximate surface area is 181 Å². The molecule has 5 nitrogen and oxygen atoms in total. The van der Waals surface area contributed by atoms with E-state index in [1.807, 2.05) is 0 Å². The van der Waals surface area contributed by atoms with E-state index in [1.54, 1.807) is 6.07 Å². The summed E-state index contributed by atoms with van der Waals surface area (Å²) in [5.41, 5.74) is -0.240. The first kappa shape index (κ1) is 22.0. The van der Waals surface area contributed by atoms with Gasteiger partial charge in [-0.15, -0.1) is 10.2 Å². The standard InChI is InChI=1S/C23H29F3N4O/c1-23(2,3)31-7-6-30-12-14-8-17(9-15(14)13-30)27-21-5-4-20(28-29-21)18-10-16(24)11-19(25)22(18)26/h4-5,10-11,14-15,17H,6-9,12-13H2,1-3H3,(H,27,29)/t14-,15+,17?. The number of nitrogens with one attached hydrogen (secondary N) is 1. The first-order valence-electron chi connectivity index (χ1n) is 10.8. The van der Waals surface area contributed by atoms with Crippen molar-refractivity contribution >= 4 is 5.82 Å². The van der Waals surface area contributed by atoms with E-state index < -0.39 is 17.5 Å². The van der Waals surface area contributed by atoms with Crippen LogP contribution in [0.25, 0.3) is 11.3 Å². The molecular weight excluding hydrogens is 405 g/mol. The number of anilines is 1. The lowest BCUT2D eigenvalue weighted by Gasteiger charge is -2.23. The fourth-order valence-electron chi connectivity index (χ4n) is 4.68. The van der Waals surface area contributed by atoms with Gasteiger partial charge in [-0.05, 0) is 63.6 Å². The van der Waals surface area contributed by atoms with E-state index in [-0.39, 0.29) is 16.9 Å². The summed E-state index contributed by atoms with van der Waals surface area (Å²) >= 11 is 0. The second kappa shape index (κ2) is 8.74. The monoisotopic (exact) mass is 434 g/mol. The molecule has 0 spiro atoms. The Morgan fingerprint density at radius 3 is 2.39 bits per heavy atom. The van der Waals surface area contributed by atoms with E-state index in [1.165, 1.54) is 6.07 Å². The predicted octanol–water partition coefficient (Wildman–Crippen LogP) is 4.50. The molecule has 1 N–H and O–H groups in total. The summed E-state index contributed by atoms with van der Waals surface area (Å²) in [4.78, 5) is 2.48. The van der Waals surface area contributed by atoms with Crippen LogP contribution in [0.2, 0.25) is 0 Å². The summed E-state index contributed by atoms with van der Waals surface area (Å²) in [5, 5.41) is 11.5. The number of rotatable bonds is 6. The zero-order valence-corrected chi connectivity index (χ0v) is 18.2. The summed E-state index contributed by atoms with van der Waals surface area (Å²) in [5.74, 6) is -1.32. The molecule has 3 atom stereocenters. The van der Waals surface area contributed by atoms with Crippen LogP contribution in [0.15, 0.2) is 24.3 Å². The van der Waals surface area contributed by atoms with Crippen LogP contribution < -0.4 is 5.32 Å². The van der Waals surface area contributed by atoms with Crippen LogP contribution in [-0.2, 0) is 4.74 Å². The van der Waals surface area contributed by atoms with Gasteiger partial charge in [-0.25, -0.2) is 13.2 Å². The Bertz CT molecular complexity index is 902. The van der Waals surface area contributed by atoms with E-state index in [0.717, 1.165) is 45.1 Å². The van der Waals surface area contributed by atoms with Crippen molar-refractivity contribution in [3.63, 3.8) is 0 Å². The molecule has 2 aromatic rings. The van der Waals surface area contributed by atoms with Crippen LogP contribution in [0.5, 0.6) is 0 Å². The molecule has 1 aliphatic heterocycles. The maximum atomic E-state index is 14.0. The number of fused-ring (bicyclic) bond motifs is 1. The van der Waals surface area contributed by atoms with Gasteiger partial charge >= 0.3 is 0 Å². The molecule has 8 heteroatoms. The van der Waals surface area contributed by atoms with Crippen molar-refractivity contribution in [1.82, 2.24) is 15.1 Å². The minimum absolute atomic E-state index is 0.0952. The molecule has 0 bridgehead atoms. The second-order valence-corrected chi connectivity index (χ2v) is 9.61. The molecule has 4 rings (SSSR count). The quantitative estimate of drug-likeness (QED) is 0.679. The third-order valence-electron chi connectivity index (χ3n) is 6.05. The molecule has 1 unspecified atom stereocenters. The third-order valence-corrected chi connectivity index (χ3v) is 6.05. The Balaban J connectivity index is 1.29. The molecule has 0 amide bonds. The minimum Gasteiger partial charge on any atom is -0.375 e. The summed E-state index contributed by atoms with van der Waals surface area (Å²) in [7, 11) is 0. The molecule has 2 heterocycles. The van der Waals surface area contributed by atoms with Gasteiger partial charge in [0.1, 0.15) is 11.6 Å². The smallest absolute Gasteiger partial charge is 0.168 e. The maximum Gasteiger partial charge on any atom is 0.168 e. The number of ether oxygens (including phenoxy) is 1. The van der Waals surface area contributed by atoms with Gasteiger partial charge in [0.2, 0.25) is 0 Å². The van der Waals surface area contributed by atoms with Gasteiger partial charge in [-0.3, -0.25) is 0 Å². The van der Waals surface area contributed by atoms with Crippen LogP contribution in [0.3, 0.4) is 0 Å². The van der Waals surface area contributed by atoms with Crippen molar-refractivity contribution in [2.75, 3.05) is 31.6 Å². The van der Waals surface area contributed by atoms with Gasteiger partial charge in [-0.1, -0.05) is 0 Å². The SMILES string of the molecule is CC(C)(C)OCCN1C[C@H]2CC(Nc3ccc(-c4cc(F)cc(F)c4F)nn3)C[C@H]2C1. The van der Waals surface area contributed by atoms with Crippen molar-refractivity contribution in [3.05, 3.63) is 41.7 Å². The molecule has 2 fully saturated rings. The third kappa shape index (κ3) is 5.36. The molecule has 1 aliphatic carbocycles. The summed E-state index contributed by atoms with van der Waals surface area (Å²) in [6.45, 7) is 10.1. The van der Waals surface area contributed by atoms with Crippen molar-refractivity contribution in [3.8, 4) is 11.3 Å². The Morgan fingerprint density at radius 2 is 1.77 bits per heavy atom. The molecule has 1 saturated carbocycles. The molecular formula is C23H29F3N4O. The number of benzene rings is 1. The Hall–Kier alpha value is -2.19. The number of halogens is 3. The van der Waals surface area contributed by atoms with Gasteiger partial charge in [0.05, 0.1) is 17.9 Å². The number of hydrogen-bond donors (Lipinski definition) is 1. The average Bonchev–Trinajstić information content (AvgIpc) is 3.22. The lowest BCUT2D eigenvalue weighted by atomic mass is 10.0. The van der Waals surface area contributed by atoms with Crippen molar-refractivity contribution < 1.29 is 17.9 Å². The number of hydrogen-bond acceptors (Lipinski definition) is 5. The van der Waals surface area contributed by atoms with E-state index in [2.05, 4.69) is 41.2 Å². The molecule has 2 aliphatic rings. The Kier molecular flexibility index (Phi) is 6.21. The van der Waals surface area contributed by atoms with Crippen molar-refractivity contribution in [1.29, 1.82) is 0 Å². The first-order valence-corrected chi connectivity index (χ1v) is 10.8. The van der Waals surface area contributed by atoms with E-state index in [9.17, 15) is 13.2 Å². The molecule has 0 radical (unpaired) electrons. The minimum atomic E-state index is -1.24. The van der Waals surface area contributed by atoms with Gasteiger partial charge < -0.3 is 15.0 Å². The van der Waals surface area contributed by atoms with E-state index >= 15 is 0 Å². The highest BCUT2D eigenvalue weighted by atomic mass is 19.2. The fraction of sp³-hybridized carbons (Fsp3) is 0.565. The number of likely N-dealkylation sites (tertiary alicyclic amines) is 1. The maximum absolute atomic E-state index is 14.0. The molecule has 1 saturated heterocycles. The molecule has 1 aromatic carbocycles. The number of aromatic nitrogens is 2. The molecule has 31 heavy (non-hydrogen) atoms. The Morgan fingerprint density at radius 1 is 1.06 bits per heavy atom. The second-order valence-electron chi connectivity index (χ2n) is 9.61.